The van der Waals surface area contributed by atoms with Gasteiger partial charge in [0.05, 0.1) is 7.11 Å². The summed E-state index contributed by atoms with van der Waals surface area (Å²) in [5.74, 6) is 0.856. The predicted molar refractivity (Wildman–Crippen MR) is 58.2 cm³/mol. The average molecular weight is 206 g/mol. The first-order chi connectivity index (χ1) is 7.17. The molecule has 0 saturated carbocycles. The summed E-state index contributed by atoms with van der Waals surface area (Å²) in [6, 6.07) is 5.29. The number of allylic oxidation sites excluding steroid dienone is 1. The van der Waals surface area contributed by atoms with Gasteiger partial charge in [0.25, 0.3) is 0 Å². The van der Waals surface area contributed by atoms with Gasteiger partial charge in [0.2, 0.25) is 0 Å². The Morgan fingerprint density at radius 1 is 1.53 bits per heavy atom. The highest BCUT2D eigenvalue weighted by Crippen LogP contribution is 2.25. The lowest BCUT2D eigenvalue weighted by Gasteiger charge is -2.08. The van der Waals surface area contributed by atoms with Crippen LogP contribution in [0, 0.1) is 0 Å². The molecule has 1 rings (SSSR count). The van der Waals surface area contributed by atoms with Gasteiger partial charge in [-0.2, -0.15) is 0 Å². The number of esters is 1. The van der Waals surface area contributed by atoms with Gasteiger partial charge in [0.1, 0.15) is 11.5 Å². The second-order valence-electron chi connectivity index (χ2n) is 3.06. The van der Waals surface area contributed by atoms with Crippen LogP contribution in [0.2, 0.25) is 0 Å². The van der Waals surface area contributed by atoms with E-state index in [4.69, 9.17) is 9.47 Å². The Labute approximate surface area is 89.3 Å². The molecule has 0 spiro atoms. The maximum Gasteiger partial charge on any atom is 0.308 e. The van der Waals surface area contributed by atoms with Gasteiger partial charge in [0, 0.05) is 13.0 Å². The molecule has 0 aliphatic carbocycles. The van der Waals surface area contributed by atoms with Gasteiger partial charge in [-0.25, -0.2) is 0 Å². The van der Waals surface area contributed by atoms with Crippen molar-refractivity contribution in [3.63, 3.8) is 0 Å². The number of ether oxygens (including phenoxy) is 2. The third-order valence-corrected chi connectivity index (χ3v) is 1.88. The molecule has 0 amide bonds. The fourth-order valence-corrected chi connectivity index (χ4v) is 1.28. The molecule has 0 N–H and O–H groups in total. The summed E-state index contributed by atoms with van der Waals surface area (Å²) < 4.78 is 10.1. The summed E-state index contributed by atoms with van der Waals surface area (Å²) >= 11 is 0. The van der Waals surface area contributed by atoms with Crippen molar-refractivity contribution >= 4 is 5.97 Å². The number of rotatable bonds is 4. The lowest BCUT2D eigenvalue weighted by Crippen LogP contribution is -2.02. The topological polar surface area (TPSA) is 35.5 Å². The molecule has 0 unspecified atom stereocenters. The molecule has 0 bridgehead atoms. The first-order valence-electron chi connectivity index (χ1n) is 4.63. The summed E-state index contributed by atoms with van der Waals surface area (Å²) in [6.07, 6.45) is 2.52. The largest absolute Gasteiger partial charge is 0.496 e. The maximum absolute atomic E-state index is 10.7. The molecule has 0 fully saturated rings. The van der Waals surface area contributed by atoms with Gasteiger partial charge in [0.15, 0.2) is 0 Å². The molecule has 0 saturated heterocycles. The minimum Gasteiger partial charge on any atom is -0.496 e. The molecule has 0 radical (unpaired) electrons. The molecule has 1 aromatic rings. The molecule has 15 heavy (non-hydrogen) atoms. The van der Waals surface area contributed by atoms with Crippen LogP contribution in [-0.4, -0.2) is 13.1 Å². The minimum absolute atomic E-state index is 0.339. The monoisotopic (exact) mass is 206 g/mol. The van der Waals surface area contributed by atoms with E-state index in [1.54, 1.807) is 25.3 Å². The molecule has 0 atom stereocenters. The number of carbonyl (C=O) groups is 1. The maximum atomic E-state index is 10.7. The first kappa shape index (κ1) is 11.3. The molecular weight excluding hydrogens is 192 g/mol. The highest BCUT2D eigenvalue weighted by atomic mass is 16.5. The van der Waals surface area contributed by atoms with Crippen LogP contribution in [0.5, 0.6) is 11.5 Å². The SMILES string of the molecule is C=CCc1ccc(OC(C)=O)cc1OC. The van der Waals surface area contributed by atoms with E-state index in [1.807, 2.05) is 6.07 Å². The van der Waals surface area contributed by atoms with Crippen LogP contribution in [0.1, 0.15) is 12.5 Å². The minimum atomic E-state index is -0.339. The third-order valence-electron chi connectivity index (χ3n) is 1.88. The van der Waals surface area contributed by atoms with Crippen LogP contribution < -0.4 is 9.47 Å². The van der Waals surface area contributed by atoms with E-state index in [9.17, 15) is 4.79 Å². The average Bonchev–Trinajstić information content (AvgIpc) is 2.20. The second kappa shape index (κ2) is 5.20. The molecule has 80 valence electrons. The first-order valence-corrected chi connectivity index (χ1v) is 4.63. The highest BCUT2D eigenvalue weighted by molar-refractivity contribution is 5.69. The number of methoxy groups -OCH3 is 1. The summed E-state index contributed by atoms with van der Waals surface area (Å²) in [4.78, 5) is 10.7. The third kappa shape index (κ3) is 3.13. The summed E-state index contributed by atoms with van der Waals surface area (Å²) in [6.45, 7) is 5.03. The molecule has 0 aromatic heterocycles. The summed E-state index contributed by atoms with van der Waals surface area (Å²) in [7, 11) is 1.58. The predicted octanol–water partition coefficient (Wildman–Crippen LogP) is 2.35. The van der Waals surface area contributed by atoms with E-state index in [0.29, 0.717) is 11.5 Å². The van der Waals surface area contributed by atoms with Gasteiger partial charge < -0.3 is 9.47 Å². The summed E-state index contributed by atoms with van der Waals surface area (Å²) in [5, 5.41) is 0. The lowest BCUT2D eigenvalue weighted by molar-refractivity contribution is -0.131. The second-order valence-corrected chi connectivity index (χ2v) is 3.06. The fourth-order valence-electron chi connectivity index (χ4n) is 1.28. The number of hydrogen-bond donors (Lipinski definition) is 0. The molecule has 1 aromatic carbocycles. The van der Waals surface area contributed by atoms with E-state index >= 15 is 0 Å². The van der Waals surface area contributed by atoms with Crippen LogP contribution in [0.3, 0.4) is 0 Å². The Balaban J connectivity index is 2.96. The molecule has 3 heteroatoms. The van der Waals surface area contributed by atoms with Gasteiger partial charge >= 0.3 is 5.97 Å². The quantitative estimate of drug-likeness (QED) is 0.431. The van der Waals surface area contributed by atoms with E-state index in [-0.39, 0.29) is 5.97 Å². The van der Waals surface area contributed by atoms with Crippen LogP contribution in [-0.2, 0) is 11.2 Å². The van der Waals surface area contributed by atoms with Crippen LogP contribution in [0.15, 0.2) is 30.9 Å². The Bertz CT molecular complexity index is 369. The van der Waals surface area contributed by atoms with E-state index < -0.39 is 0 Å². The molecular formula is C12H14O3. The molecule has 0 aliphatic rings. The van der Waals surface area contributed by atoms with E-state index in [1.165, 1.54) is 6.92 Å². The zero-order valence-corrected chi connectivity index (χ0v) is 8.95. The number of benzene rings is 1. The van der Waals surface area contributed by atoms with Gasteiger partial charge in [-0.1, -0.05) is 12.1 Å². The van der Waals surface area contributed by atoms with Crippen LogP contribution in [0.25, 0.3) is 0 Å². The zero-order chi connectivity index (χ0) is 11.3. The number of carbonyl (C=O) groups excluding carboxylic acids is 1. The zero-order valence-electron chi connectivity index (χ0n) is 8.95. The Hall–Kier alpha value is -1.77. The van der Waals surface area contributed by atoms with Gasteiger partial charge in [-0.05, 0) is 18.1 Å². The van der Waals surface area contributed by atoms with Crippen LogP contribution >= 0.6 is 0 Å². The smallest absolute Gasteiger partial charge is 0.308 e. The molecule has 0 heterocycles. The van der Waals surface area contributed by atoms with Crippen molar-refractivity contribution in [2.24, 2.45) is 0 Å². The Morgan fingerprint density at radius 2 is 2.27 bits per heavy atom. The standard InChI is InChI=1S/C12H14O3/c1-4-5-10-6-7-11(15-9(2)13)8-12(10)14-3/h4,6-8H,1,5H2,2-3H3. The number of hydrogen-bond acceptors (Lipinski definition) is 3. The van der Waals surface area contributed by atoms with Crippen molar-refractivity contribution in [3.05, 3.63) is 36.4 Å². The Kier molecular flexibility index (Phi) is 3.92. The lowest BCUT2D eigenvalue weighted by atomic mass is 10.1. The van der Waals surface area contributed by atoms with Crippen molar-refractivity contribution in [2.45, 2.75) is 13.3 Å². The molecule has 3 nitrogen and oxygen atoms in total. The van der Waals surface area contributed by atoms with Crippen molar-refractivity contribution in [3.8, 4) is 11.5 Å². The Morgan fingerprint density at radius 3 is 2.80 bits per heavy atom. The normalized spacial score (nSPS) is 9.47. The van der Waals surface area contributed by atoms with Crippen LogP contribution in [0.4, 0.5) is 0 Å². The molecule has 0 aliphatic heterocycles. The highest BCUT2D eigenvalue weighted by Gasteiger charge is 2.05. The summed E-state index contributed by atoms with van der Waals surface area (Å²) in [5.41, 5.74) is 1.02. The van der Waals surface area contributed by atoms with E-state index in [2.05, 4.69) is 6.58 Å². The van der Waals surface area contributed by atoms with Crippen molar-refractivity contribution in [1.82, 2.24) is 0 Å². The van der Waals surface area contributed by atoms with Crippen molar-refractivity contribution in [2.75, 3.05) is 7.11 Å². The fraction of sp³-hybridized carbons (Fsp3) is 0.250. The van der Waals surface area contributed by atoms with Gasteiger partial charge in [-0.3, -0.25) is 4.79 Å². The van der Waals surface area contributed by atoms with Gasteiger partial charge in [-0.15, -0.1) is 6.58 Å². The van der Waals surface area contributed by atoms with Crippen molar-refractivity contribution < 1.29 is 14.3 Å². The van der Waals surface area contributed by atoms with E-state index in [0.717, 1.165) is 12.0 Å². The van der Waals surface area contributed by atoms with Crippen molar-refractivity contribution in [1.29, 1.82) is 0 Å².